The summed E-state index contributed by atoms with van der Waals surface area (Å²) in [4.78, 5) is 9.02. The molecule has 0 bridgehead atoms. The average molecular weight is 289 g/mol. The van der Waals surface area contributed by atoms with Crippen molar-refractivity contribution in [3.8, 4) is 22.9 Å². The van der Waals surface area contributed by atoms with E-state index in [4.69, 9.17) is 15.2 Å². The van der Waals surface area contributed by atoms with Crippen molar-refractivity contribution >= 4 is 17.6 Å². The van der Waals surface area contributed by atoms with Gasteiger partial charge in [-0.3, -0.25) is 0 Å². The largest absolute Gasteiger partial charge is 0.497 e. The number of fused-ring (bicyclic) bond motifs is 1. The molecule has 1 aromatic carbocycles. The van der Waals surface area contributed by atoms with Crippen molar-refractivity contribution in [1.82, 2.24) is 9.97 Å². The zero-order valence-corrected chi connectivity index (χ0v) is 12.2. The first-order valence-corrected chi connectivity index (χ1v) is 7.33. The molecule has 2 N–H and O–H groups in total. The lowest BCUT2D eigenvalue weighted by molar-refractivity contribution is 0.394. The predicted octanol–water partition coefficient (Wildman–Crippen LogP) is 2.49. The van der Waals surface area contributed by atoms with Crippen LogP contribution in [0.1, 0.15) is 11.3 Å². The molecule has 0 unspecified atom stereocenters. The molecule has 5 nitrogen and oxygen atoms in total. The summed E-state index contributed by atoms with van der Waals surface area (Å²) >= 11 is 1.80. The van der Waals surface area contributed by atoms with Crippen molar-refractivity contribution in [2.75, 3.05) is 20.0 Å². The fourth-order valence-corrected chi connectivity index (χ4v) is 3.19. The summed E-state index contributed by atoms with van der Waals surface area (Å²) in [6.45, 7) is 0. The van der Waals surface area contributed by atoms with Gasteiger partial charge in [-0.2, -0.15) is 11.8 Å². The Labute approximate surface area is 121 Å². The molecule has 0 atom stereocenters. The number of methoxy groups -OCH3 is 2. The molecule has 0 aliphatic carbocycles. The second kappa shape index (κ2) is 5.20. The summed E-state index contributed by atoms with van der Waals surface area (Å²) in [6, 6.07) is 5.58. The molecule has 0 radical (unpaired) electrons. The van der Waals surface area contributed by atoms with Crippen molar-refractivity contribution in [2.24, 2.45) is 0 Å². The van der Waals surface area contributed by atoms with Gasteiger partial charge < -0.3 is 15.2 Å². The van der Waals surface area contributed by atoms with Crippen LogP contribution in [0.25, 0.3) is 11.4 Å². The standard InChI is InChI=1S/C14H15N3O2S/c1-18-9-3-8(4-10(5-9)19-2)14-16-12-7-20-6-11(12)13(15)17-14/h3-5H,6-7H2,1-2H3,(H2,15,16,17). The van der Waals surface area contributed by atoms with Crippen LogP contribution in [0.15, 0.2) is 18.2 Å². The van der Waals surface area contributed by atoms with Crippen molar-refractivity contribution in [3.05, 3.63) is 29.5 Å². The van der Waals surface area contributed by atoms with Gasteiger partial charge in [0.1, 0.15) is 17.3 Å². The Bertz CT molecular complexity index is 639. The number of thioether (sulfide) groups is 1. The Kier molecular flexibility index (Phi) is 3.40. The van der Waals surface area contributed by atoms with Crippen molar-refractivity contribution in [3.63, 3.8) is 0 Å². The zero-order chi connectivity index (χ0) is 14.1. The quantitative estimate of drug-likeness (QED) is 0.936. The van der Waals surface area contributed by atoms with Gasteiger partial charge in [0.25, 0.3) is 0 Å². The zero-order valence-electron chi connectivity index (χ0n) is 11.3. The normalized spacial score (nSPS) is 13.1. The maximum atomic E-state index is 6.02. The van der Waals surface area contributed by atoms with E-state index in [9.17, 15) is 0 Å². The van der Waals surface area contributed by atoms with E-state index in [0.717, 1.165) is 28.3 Å². The smallest absolute Gasteiger partial charge is 0.162 e. The van der Waals surface area contributed by atoms with Crippen molar-refractivity contribution < 1.29 is 9.47 Å². The highest BCUT2D eigenvalue weighted by Gasteiger charge is 2.19. The van der Waals surface area contributed by atoms with Crippen LogP contribution in [0.5, 0.6) is 11.5 Å². The van der Waals surface area contributed by atoms with E-state index < -0.39 is 0 Å². The number of nitrogens with zero attached hydrogens (tertiary/aromatic N) is 2. The van der Waals surface area contributed by atoms with Crippen LogP contribution in [-0.4, -0.2) is 24.2 Å². The third-order valence-electron chi connectivity index (χ3n) is 3.22. The first-order valence-electron chi connectivity index (χ1n) is 6.17. The number of benzene rings is 1. The van der Waals surface area contributed by atoms with Gasteiger partial charge in [0.05, 0.1) is 19.9 Å². The molecule has 1 aliphatic heterocycles. The molecule has 0 amide bonds. The monoisotopic (exact) mass is 289 g/mol. The molecule has 0 saturated heterocycles. The fraction of sp³-hybridized carbons (Fsp3) is 0.286. The van der Waals surface area contributed by atoms with Crippen LogP contribution in [0.4, 0.5) is 5.82 Å². The molecule has 6 heteroatoms. The molecule has 104 valence electrons. The first kappa shape index (κ1) is 13.1. The highest BCUT2D eigenvalue weighted by atomic mass is 32.2. The maximum Gasteiger partial charge on any atom is 0.162 e. The second-order valence-electron chi connectivity index (χ2n) is 4.45. The summed E-state index contributed by atoms with van der Waals surface area (Å²) in [7, 11) is 3.24. The Balaban J connectivity index is 2.11. The van der Waals surface area contributed by atoms with Crippen LogP contribution >= 0.6 is 11.8 Å². The second-order valence-corrected chi connectivity index (χ2v) is 5.44. The molecule has 2 aromatic rings. The molecule has 1 aromatic heterocycles. The van der Waals surface area contributed by atoms with Crippen LogP contribution in [0, 0.1) is 0 Å². The summed E-state index contributed by atoms with van der Waals surface area (Å²) < 4.78 is 10.5. The van der Waals surface area contributed by atoms with Gasteiger partial charge in [0, 0.05) is 28.7 Å². The van der Waals surface area contributed by atoms with Gasteiger partial charge >= 0.3 is 0 Å². The lowest BCUT2D eigenvalue weighted by Crippen LogP contribution is -2.03. The van der Waals surface area contributed by atoms with E-state index >= 15 is 0 Å². The average Bonchev–Trinajstić information content (AvgIpc) is 2.95. The van der Waals surface area contributed by atoms with E-state index in [1.807, 2.05) is 18.2 Å². The number of hydrogen-bond donors (Lipinski definition) is 1. The number of rotatable bonds is 3. The van der Waals surface area contributed by atoms with Crippen molar-refractivity contribution in [2.45, 2.75) is 11.5 Å². The molecule has 0 spiro atoms. The van der Waals surface area contributed by atoms with Gasteiger partial charge in [-0.25, -0.2) is 9.97 Å². The number of ether oxygens (including phenoxy) is 2. The Morgan fingerprint density at radius 3 is 2.40 bits per heavy atom. The third-order valence-corrected chi connectivity index (χ3v) is 4.19. The van der Waals surface area contributed by atoms with E-state index in [1.54, 1.807) is 26.0 Å². The molecule has 3 rings (SSSR count). The van der Waals surface area contributed by atoms with E-state index in [2.05, 4.69) is 9.97 Å². The highest BCUT2D eigenvalue weighted by molar-refractivity contribution is 7.98. The van der Waals surface area contributed by atoms with Gasteiger partial charge in [0.2, 0.25) is 0 Å². The summed E-state index contributed by atoms with van der Waals surface area (Å²) in [5.74, 6) is 4.37. The molecule has 2 heterocycles. The summed E-state index contributed by atoms with van der Waals surface area (Å²) in [5, 5.41) is 0. The highest BCUT2D eigenvalue weighted by Crippen LogP contribution is 2.34. The van der Waals surface area contributed by atoms with E-state index in [-0.39, 0.29) is 0 Å². The SMILES string of the molecule is COc1cc(OC)cc(-c2nc(N)c3c(n2)CSC3)c1. The van der Waals surface area contributed by atoms with Gasteiger partial charge in [-0.15, -0.1) is 0 Å². The molecule has 1 aliphatic rings. The molecular weight excluding hydrogens is 274 g/mol. The summed E-state index contributed by atoms with van der Waals surface area (Å²) in [6.07, 6.45) is 0. The number of anilines is 1. The van der Waals surface area contributed by atoms with Crippen LogP contribution in [0.2, 0.25) is 0 Å². The Hall–Kier alpha value is -1.95. The van der Waals surface area contributed by atoms with Crippen molar-refractivity contribution in [1.29, 1.82) is 0 Å². The number of nitrogen functional groups attached to an aromatic ring is 1. The molecule has 20 heavy (non-hydrogen) atoms. The number of nitrogens with two attached hydrogens (primary N) is 1. The van der Waals surface area contributed by atoms with Crippen LogP contribution in [0.3, 0.4) is 0 Å². The minimum absolute atomic E-state index is 0.566. The van der Waals surface area contributed by atoms with Crippen LogP contribution < -0.4 is 15.2 Å². The molecule has 0 saturated carbocycles. The van der Waals surface area contributed by atoms with Gasteiger partial charge in [0.15, 0.2) is 5.82 Å². The molecule has 0 fully saturated rings. The minimum Gasteiger partial charge on any atom is -0.497 e. The van der Waals surface area contributed by atoms with Gasteiger partial charge in [-0.05, 0) is 12.1 Å². The topological polar surface area (TPSA) is 70.3 Å². The Morgan fingerprint density at radius 1 is 1.05 bits per heavy atom. The predicted molar refractivity (Wildman–Crippen MR) is 80.0 cm³/mol. The fourth-order valence-electron chi connectivity index (χ4n) is 2.14. The van der Waals surface area contributed by atoms with E-state index in [1.165, 1.54) is 0 Å². The first-order chi connectivity index (χ1) is 9.71. The lowest BCUT2D eigenvalue weighted by Gasteiger charge is -2.09. The van der Waals surface area contributed by atoms with Crippen LogP contribution in [-0.2, 0) is 11.5 Å². The van der Waals surface area contributed by atoms with E-state index in [0.29, 0.717) is 23.1 Å². The lowest BCUT2D eigenvalue weighted by atomic mass is 10.1. The third kappa shape index (κ3) is 2.27. The maximum absolute atomic E-state index is 6.02. The number of aromatic nitrogens is 2. The Morgan fingerprint density at radius 2 is 1.75 bits per heavy atom. The van der Waals surface area contributed by atoms with Gasteiger partial charge in [-0.1, -0.05) is 0 Å². The summed E-state index contributed by atoms with van der Waals surface area (Å²) in [5.41, 5.74) is 8.96. The number of hydrogen-bond acceptors (Lipinski definition) is 6. The minimum atomic E-state index is 0.566. The molecular formula is C14H15N3O2S.